The maximum Gasteiger partial charge on any atom is 0.273 e. The maximum absolute atomic E-state index is 12.7. The molecule has 0 saturated heterocycles. The van der Waals surface area contributed by atoms with Crippen LogP contribution < -0.4 is 10.3 Å². The fraction of sp³-hybridized carbons (Fsp3) is 0.182. The molecule has 0 bridgehead atoms. The minimum Gasteiger partial charge on any atom is -0.297 e. The predicted molar refractivity (Wildman–Crippen MR) is 115 cm³/mol. The van der Waals surface area contributed by atoms with Crippen molar-refractivity contribution in [1.82, 2.24) is 4.98 Å². The van der Waals surface area contributed by atoms with Crippen molar-refractivity contribution in [2.24, 2.45) is 5.10 Å². The fourth-order valence-electron chi connectivity index (χ4n) is 3.13. The fourth-order valence-corrected chi connectivity index (χ4v) is 3.97. The van der Waals surface area contributed by atoms with Gasteiger partial charge >= 0.3 is 0 Å². The van der Waals surface area contributed by atoms with Crippen molar-refractivity contribution in [2.45, 2.75) is 26.2 Å². The average Bonchev–Trinajstić information content (AvgIpc) is 3.15. The van der Waals surface area contributed by atoms with Crippen molar-refractivity contribution in [3.8, 4) is 0 Å². The van der Waals surface area contributed by atoms with Gasteiger partial charge in [0.15, 0.2) is 5.13 Å². The molecule has 1 N–H and O–H groups in total. The Kier molecular flexibility index (Phi) is 5.48. The second-order valence-corrected chi connectivity index (χ2v) is 7.95. The summed E-state index contributed by atoms with van der Waals surface area (Å²) in [5, 5.41) is 8.92. The molecule has 1 aromatic heterocycles. The van der Waals surface area contributed by atoms with Crippen LogP contribution in [0.15, 0.2) is 65.9 Å². The molecule has 29 heavy (non-hydrogen) atoms. The van der Waals surface area contributed by atoms with Gasteiger partial charge in [0.25, 0.3) is 5.91 Å². The number of carbonyl (C=O) groups is 2. The number of carbonyl (C=O) groups excluding carboxylic acids is 2. The number of hydrogen-bond acceptors (Lipinski definition) is 5. The van der Waals surface area contributed by atoms with Crippen LogP contribution in [0.1, 0.15) is 28.8 Å². The zero-order chi connectivity index (χ0) is 20.2. The molecule has 1 aliphatic rings. The van der Waals surface area contributed by atoms with E-state index in [-0.39, 0.29) is 18.2 Å². The lowest BCUT2D eigenvalue weighted by molar-refractivity contribution is -0.118. The lowest BCUT2D eigenvalue weighted by Crippen LogP contribution is -2.36. The van der Waals surface area contributed by atoms with Gasteiger partial charge in [0.05, 0.1) is 5.69 Å². The Morgan fingerprint density at radius 3 is 2.76 bits per heavy atom. The van der Waals surface area contributed by atoms with Crippen LogP contribution in [0.4, 0.5) is 10.8 Å². The molecule has 2 amide bonds. The Balaban J connectivity index is 1.45. The van der Waals surface area contributed by atoms with Crippen LogP contribution in [0.2, 0.25) is 0 Å². The monoisotopic (exact) mass is 404 g/mol. The molecule has 4 rings (SSSR count). The number of hydrazone groups is 1. The first-order valence-electron chi connectivity index (χ1n) is 9.35. The zero-order valence-corrected chi connectivity index (χ0v) is 16.8. The maximum atomic E-state index is 12.7. The van der Waals surface area contributed by atoms with E-state index in [1.165, 1.54) is 27.5 Å². The molecule has 7 heteroatoms. The first kappa shape index (κ1) is 19.0. The van der Waals surface area contributed by atoms with E-state index in [0.29, 0.717) is 23.0 Å². The Morgan fingerprint density at radius 1 is 1.14 bits per heavy atom. The summed E-state index contributed by atoms with van der Waals surface area (Å²) in [6, 6.07) is 17.4. The van der Waals surface area contributed by atoms with Crippen molar-refractivity contribution < 1.29 is 9.59 Å². The highest BCUT2D eigenvalue weighted by atomic mass is 32.1. The van der Waals surface area contributed by atoms with Gasteiger partial charge in [0.2, 0.25) is 5.91 Å². The van der Waals surface area contributed by atoms with Gasteiger partial charge in [-0.3, -0.25) is 14.9 Å². The molecular formula is C22H20N4O2S. The van der Waals surface area contributed by atoms with E-state index < -0.39 is 0 Å². The number of thiazole rings is 1. The summed E-state index contributed by atoms with van der Waals surface area (Å²) in [7, 11) is 0. The second-order valence-electron chi connectivity index (χ2n) is 6.84. The van der Waals surface area contributed by atoms with Crippen LogP contribution >= 0.6 is 11.3 Å². The summed E-state index contributed by atoms with van der Waals surface area (Å²) >= 11 is 1.45. The second kappa shape index (κ2) is 8.36. The number of aromatic nitrogens is 1. The van der Waals surface area contributed by atoms with Gasteiger partial charge in [-0.1, -0.05) is 48.0 Å². The molecule has 146 valence electrons. The topological polar surface area (TPSA) is 74.7 Å². The predicted octanol–water partition coefficient (Wildman–Crippen LogP) is 4.16. The van der Waals surface area contributed by atoms with Gasteiger partial charge < -0.3 is 0 Å². The van der Waals surface area contributed by atoms with Crippen molar-refractivity contribution in [1.29, 1.82) is 0 Å². The van der Waals surface area contributed by atoms with E-state index in [1.54, 1.807) is 18.3 Å². The number of benzene rings is 2. The van der Waals surface area contributed by atoms with E-state index >= 15 is 0 Å². The highest BCUT2D eigenvalue weighted by Crippen LogP contribution is 2.23. The molecule has 0 radical (unpaired) electrons. The van der Waals surface area contributed by atoms with Gasteiger partial charge in [-0.15, -0.1) is 11.3 Å². The molecule has 3 aromatic rings. The minimum atomic E-state index is -0.324. The van der Waals surface area contributed by atoms with Crippen molar-refractivity contribution in [2.75, 3.05) is 10.3 Å². The molecule has 0 saturated carbocycles. The third kappa shape index (κ3) is 4.57. The van der Waals surface area contributed by atoms with E-state index in [4.69, 9.17) is 0 Å². The lowest BCUT2D eigenvalue weighted by atomic mass is 10.1. The Hall–Kier alpha value is -3.32. The normalized spacial score (nSPS) is 13.9. The van der Waals surface area contributed by atoms with Crippen molar-refractivity contribution in [3.63, 3.8) is 0 Å². The molecule has 0 unspecified atom stereocenters. The molecule has 2 aromatic carbocycles. The molecule has 0 spiro atoms. The molecule has 2 heterocycles. The van der Waals surface area contributed by atoms with Crippen LogP contribution in [0.5, 0.6) is 0 Å². The summed E-state index contributed by atoms with van der Waals surface area (Å²) < 4.78 is 0. The van der Waals surface area contributed by atoms with Crippen molar-refractivity contribution >= 4 is 39.7 Å². The summed E-state index contributed by atoms with van der Waals surface area (Å²) in [6.45, 7) is 2.07. The van der Waals surface area contributed by atoms with Crippen LogP contribution in [-0.2, 0) is 16.0 Å². The van der Waals surface area contributed by atoms with Crippen LogP contribution in [0.3, 0.4) is 0 Å². The van der Waals surface area contributed by atoms with Crippen LogP contribution in [-0.4, -0.2) is 22.5 Å². The number of nitrogens with one attached hydrogen (secondary N) is 1. The minimum absolute atomic E-state index is 0.123. The average molecular weight is 404 g/mol. The smallest absolute Gasteiger partial charge is 0.273 e. The molecule has 0 atom stereocenters. The number of aryl methyl sites for hydroxylation is 1. The first-order valence-corrected chi connectivity index (χ1v) is 10.2. The lowest BCUT2D eigenvalue weighted by Gasteiger charge is -2.22. The van der Waals surface area contributed by atoms with Crippen LogP contribution in [0.25, 0.3) is 0 Å². The molecule has 1 aliphatic heterocycles. The summed E-state index contributed by atoms with van der Waals surface area (Å²) in [6.07, 6.45) is 3.12. The highest BCUT2D eigenvalue weighted by Gasteiger charge is 2.26. The van der Waals surface area contributed by atoms with Crippen molar-refractivity contribution in [3.05, 3.63) is 76.8 Å². The molecular weight excluding hydrogens is 384 g/mol. The SMILES string of the molecule is Cc1cccc(Cc2cnc(NC(=O)C3=NN(c4ccccc4)C(=O)CC3)s2)c1. The Morgan fingerprint density at radius 2 is 1.97 bits per heavy atom. The molecule has 0 fully saturated rings. The van der Waals surface area contributed by atoms with Gasteiger partial charge in [-0.25, -0.2) is 9.99 Å². The summed E-state index contributed by atoms with van der Waals surface area (Å²) in [4.78, 5) is 30.2. The van der Waals surface area contributed by atoms with Gasteiger partial charge in [0, 0.05) is 30.3 Å². The summed E-state index contributed by atoms with van der Waals surface area (Å²) in [5.74, 6) is -0.447. The standard InChI is InChI=1S/C22H20N4O2S/c1-15-6-5-7-16(12-15)13-18-14-23-22(29-18)24-21(28)19-10-11-20(27)26(25-19)17-8-3-2-4-9-17/h2-9,12,14H,10-11,13H2,1H3,(H,23,24,28). The molecule has 6 nitrogen and oxygen atoms in total. The number of para-hydroxylation sites is 1. The zero-order valence-electron chi connectivity index (χ0n) is 16.0. The van der Waals surface area contributed by atoms with Gasteiger partial charge in [0.1, 0.15) is 5.71 Å². The van der Waals surface area contributed by atoms with E-state index in [0.717, 1.165) is 11.3 Å². The number of rotatable bonds is 5. The number of nitrogens with zero attached hydrogens (tertiary/aromatic N) is 3. The Labute approximate surface area is 172 Å². The van der Waals surface area contributed by atoms with E-state index in [1.807, 2.05) is 24.3 Å². The van der Waals surface area contributed by atoms with Gasteiger partial charge in [-0.2, -0.15) is 5.10 Å². The summed E-state index contributed by atoms with van der Waals surface area (Å²) in [5.41, 5.74) is 3.40. The first-order chi connectivity index (χ1) is 14.1. The number of amides is 2. The molecule has 0 aliphatic carbocycles. The highest BCUT2D eigenvalue weighted by molar-refractivity contribution is 7.15. The van der Waals surface area contributed by atoms with Crippen LogP contribution in [0, 0.1) is 6.92 Å². The van der Waals surface area contributed by atoms with Gasteiger partial charge in [-0.05, 0) is 24.6 Å². The third-order valence-corrected chi connectivity index (χ3v) is 5.44. The number of hydrogen-bond donors (Lipinski definition) is 1. The largest absolute Gasteiger partial charge is 0.297 e. The quantitative estimate of drug-likeness (QED) is 0.694. The number of anilines is 2. The Bertz CT molecular complexity index is 1080. The third-order valence-electron chi connectivity index (χ3n) is 4.53. The van der Waals surface area contributed by atoms with E-state index in [9.17, 15) is 9.59 Å². The van der Waals surface area contributed by atoms with E-state index in [2.05, 4.69) is 40.5 Å².